The lowest BCUT2D eigenvalue weighted by molar-refractivity contribution is 0.351. The standard InChI is InChI=1S/C9H17Cl2N/c1-3-9(4-2,8-11)12-7-5-6-10/h5-6,12H,3-4,7-8H2,1-2H3/b6-5+. The molecule has 0 aromatic carbocycles. The van der Waals surface area contributed by atoms with Crippen LogP contribution in [0.2, 0.25) is 0 Å². The van der Waals surface area contributed by atoms with Gasteiger partial charge < -0.3 is 5.32 Å². The maximum Gasteiger partial charge on any atom is 0.0405 e. The normalized spacial score (nSPS) is 12.7. The van der Waals surface area contributed by atoms with E-state index in [2.05, 4.69) is 19.2 Å². The summed E-state index contributed by atoms with van der Waals surface area (Å²) in [5.41, 5.74) is 1.61. The molecule has 0 bridgehead atoms. The van der Waals surface area contributed by atoms with E-state index in [0.29, 0.717) is 5.88 Å². The Morgan fingerprint density at radius 2 is 1.92 bits per heavy atom. The second-order valence-electron chi connectivity index (χ2n) is 2.86. The van der Waals surface area contributed by atoms with Crippen LogP contribution in [0, 0.1) is 0 Å². The van der Waals surface area contributed by atoms with Crippen LogP contribution in [0.1, 0.15) is 26.7 Å². The van der Waals surface area contributed by atoms with E-state index in [1.54, 1.807) is 0 Å². The molecule has 0 fully saturated rings. The molecule has 3 heteroatoms. The first-order valence-electron chi connectivity index (χ1n) is 4.31. The highest BCUT2D eigenvalue weighted by Crippen LogP contribution is 2.16. The molecule has 0 saturated carbocycles. The molecule has 0 aromatic rings. The van der Waals surface area contributed by atoms with Crippen LogP contribution in [0.25, 0.3) is 0 Å². The third-order valence-electron chi connectivity index (χ3n) is 2.29. The molecule has 12 heavy (non-hydrogen) atoms. The van der Waals surface area contributed by atoms with Crippen LogP contribution in [-0.4, -0.2) is 18.0 Å². The first kappa shape index (κ1) is 12.3. The fourth-order valence-electron chi connectivity index (χ4n) is 1.06. The van der Waals surface area contributed by atoms with Crippen molar-refractivity contribution in [3.63, 3.8) is 0 Å². The predicted molar refractivity (Wildman–Crippen MR) is 57.0 cm³/mol. The molecule has 0 heterocycles. The maximum atomic E-state index is 5.88. The molecule has 0 unspecified atom stereocenters. The Bertz CT molecular complexity index is 122. The molecule has 0 aliphatic heterocycles. The molecule has 0 aromatic heterocycles. The number of alkyl halides is 1. The van der Waals surface area contributed by atoms with Gasteiger partial charge in [0.25, 0.3) is 0 Å². The SMILES string of the molecule is CCC(CC)(CCl)NC/C=C/Cl. The molecule has 72 valence electrons. The molecule has 1 N–H and O–H groups in total. The van der Waals surface area contributed by atoms with E-state index < -0.39 is 0 Å². The van der Waals surface area contributed by atoms with Gasteiger partial charge in [-0.25, -0.2) is 0 Å². The molecule has 0 spiro atoms. The monoisotopic (exact) mass is 209 g/mol. The van der Waals surface area contributed by atoms with Gasteiger partial charge in [-0.2, -0.15) is 0 Å². The van der Waals surface area contributed by atoms with Crippen molar-refractivity contribution in [3.05, 3.63) is 11.6 Å². The Morgan fingerprint density at radius 3 is 2.25 bits per heavy atom. The fourth-order valence-corrected chi connectivity index (χ4v) is 1.62. The van der Waals surface area contributed by atoms with Crippen LogP contribution >= 0.6 is 23.2 Å². The van der Waals surface area contributed by atoms with Gasteiger partial charge in [0.1, 0.15) is 0 Å². The quantitative estimate of drug-likeness (QED) is 0.664. The van der Waals surface area contributed by atoms with Crippen molar-refractivity contribution >= 4 is 23.2 Å². The minimum absolute atomic E-state index is 0.0813. The Labute approximate surface area is 85.1 Å². The highest BCUT2D eigenvalue weighted by Gasteiger charge is 2.22. The van der Waals surface area contributed by atoms with Crippen molar-refractivity contribution < 1.29 is 0 Å². The van der Waals surface area contributed by atoms with Crippen molar-refractivity contribution in [1.29, 1.82) is 0 Å². The number of hydrogen-bond donors (Lipinski definition) is 1. The summed E-state index contributed by atoms with van der Waals surface area (Å²) in [6.07, 6.45) is 3.97. The van der Waals surface area contributed by atoms with Gasteiger partial charge in [-0.05, 0) is 12.8 Å². The second kappa shape index (κ2) is 6.76. The van der Waals surface area contributed by atoms with Crippen LogP contribution < -0.4 is 5.32 Å². The minimum Gasteiger partial charge on any atom is -0.307 e. The molecule has 0 saturated heterocycles. The molecule has 1 nitrogen and oxygen atoms in total. The highest BCUT2D eigenvalue weighted by molar-refractivity contribution is 6.25. The zero-order valence-electron chi connectivity index (χ0n) is 7.74. The summed E-state index contributed by atoms with van der Waals surface area (Å²) in [5, 5.41) is 3.38. The van der Waals surface area contributed by atoms with Gasteiger partial charge in [0.15, 0.2) is 0 Å². The summed E-state index contributed by atoms with van der Waals surface area (Å²) >= 11 is 11.3. The summed E-state index contributed by atoms with van der Waals surface area (Å²) in [5.74, 6) is 0.649. The van der Waals surface area contributed by atoms with Crippen LogP contribution in [0.15, 0.2) is 11.6 Å². The van der Waals surface area contributed by atoms with E-state index in [4.69, 9.17) is 23.2 Å². The second-order valence-corrected chi connectivity index (χ2v) is 3.38. The van der Waals surface area contributed by atoms with Crippen molar-refractivity contribution in [2.75, 3.05) is 12.4 Å². The van der Waals surface area contributed by atoms with Crippen LogP contribution in [0.3, 0.4) is 0 Å². The van der Waals surface area contributed by atoms with Gasteiger partial charge in [-0.15, -0.1) is 11.6 Å². The molecule has 0 aliphatic rings. The predicted octanol–water partition coefficient (Wildman–Crippen LogP) is 3.13. The Hall–Kier alpha value is 0.280. The average molecular weight is 210 g/mol. The Morgan fingerprint density at radius 1 is 1.33 bits per heavy atom. The van der Waals surface area contributed by atoms with Gasteiger partial charge >= 0.3 is 0 Å². The van der Waals surface area contributed by atoms with Gasteiger partial charge in [-0.1, -0.05) is 31.5 Å². The number of hydrogen-bond acceptors (Lipinski definition) is 1. The van der Waals surface area contributed by atoms with E-state index >= 15 is 0 Å². The summed E-state index contributed by atoms with van der Waals surface area (Å²) in [6, 6.07) is 0. The van der Waals surface area contributed by atoms with E-state index in [1.165, 1.54) is 5.54 Å². The molecule has 0 atom stereocenters. The molecule has 0 aliphatic carbocycles. The number of nitrogens with one attached hydrogen (secondary N) is 1. The van der Waals surface area contributed by atoms with E-state index in [-0.39, 0.29) is 5.54 Å². The smallest absolute Gasteiger partial charge is 0.0405 e. The van der Waals surface area contributed by atoms with Crippen LogP contribution in [0.4, 0.5) is 0 Å². The van der Waals surface area contributed by atoms with Crippen molar-refractivity contribution in [2.45, 2.75) is 32.2 Å². The summed E-state index contributed by atoms with van der Waals surface area (Å²) in [4.78, 5) is 0. The summed E-state index contributed by atoms with van der Waals surface area (Å²) < 4.78 is 0. The molecular formula is C9H17Cl2N. The lowest BCUT2D eigenvalue weighted by Gasteiger charge is -2.30. The third kappa shape index (κ3) is 3.79. The zero-order chi connectivity index (χ0) is 9.45. The first-order valence-corrected chi connectivity index (χ1v) is 5.28. The Kier molecular flexibility index (Phi) is 6.92. The first-order chi connectivity index (χ1) is 5.74. The van der Waals surface area contributed by atoms with E-state index in [9.17, 15) is 0 Å². The van der Waals surface area contributed by atoms with E-state index in [1.807, 2.05) is 6.08 Å². The average Bonchev–Trinajstić information content (AvgIpc) is 2.14. The van der Waals surface area contributed by atoms with Crippen molar-refractivity contribution in [2.24, 2.45) is 0 Å². The molecule has 0 rings (SSSR count). The minimum atomic E-state index is 0.0813. The van der Waals surface area contributed by atoms with E-state index in [0.717, 1.165) is 19.4 Å². The maximum absolute atomic E-state index is 5.88. The zero-order valence-corrected chi connectivity index (χ0v) is 9.25. The molecule has 0 amide bonds. The lowest BCUT2D eigenvalue weighted by atomic mass is 9.95. The molecule has 0 radical (unpaired) electrons. The Balaban J connectivity index is 3.92. The number of rotatable bonds is 6. The largest absolute Gasteiger partial charge is 0.307 e. The fraction of sp³-hybridized carbons (Fsp3) is 0.778. The summed E-state index contributed by atoms with van der Waals surface area (Å²) in [6.45, 7) is 5.07. The van der Waals surface area contributed by atoms with Gasteiger partial charge in [0.2, 0.25) is 0 Å². The van der Waals surface area contributed by atoms with Crippen LogP contribution in [0.5, 0.6) is 0 Å². The topological polar surface area (TPSA) is 12.0 Å². The van der Waals surface area contributed by atoms with Crippen molar-refractivity contribution in [3.8, 4) is 0 Å². The van der Waals surface area contributed by atoms with Gasteiger partial charge in [-0.3, -0.25) is 0 Å². The highest BCUT2D eigenvalue weighted by atomic mass is 35.5. The third-order valence-corrected chi connectivity index (χ3v) is 2.98. The number of halogens is 2. The lowest BCUT2D eigenvalue weighted by Crippen LogP contribution is -2.46. The summed E-state index contributed by atoms with van der Waals surface area (Å²) in [7, 11) is 0. The van der Waals surface area contributed by atoms with Gasteiger partial charge in [0, 0.05) is 23.5 Å². The van der Waals surface area contributed by atoms with Gasteiger partial charge in [0.05, 0.1) is 0 Å². The van der Waals surface area contributed by atoms with Crippen LogP contribution in [-0.2, 0) is 0 Å². The van der Waals surface area contributed by atoms with Crippen molar-refractivity contribution in [1.82, 2.24) is 5.32 Å². The molecular weight excluding hydrogens is 193 g/mol.